The zero-order valence-corrected chi connectivity index (χ0v) is 10.1. The van der Waals surface area contributed by atoms with Gasteiger partial charge in [0.1, 0.15) is 0 Å². The zero-order chi connectivity index (χ0) is 13.1. The Hall–Kier alpha value is -1.43. The number of aliphatic hydroxyl groups excluding tert-OH is 2. The number of hydrogen-bond acceptors (Lipinski definition) is 4. The third-order valence-electron chi connectivity index (χ3n) is 3.15. The summed E-state index contributed by atoms with van der Waals surface area (Å²) in [6.07, 6.45) is -0.964. The van der Waals surface area contributed by atoms with Crippen LogP contribution in [0, 0.1) is 0 Å². The van der Waals surface area contributed by atoms with Gasteiger partial charge in [0, 0.05) is 18.7 Å². The van der Waals surface area contributed by atoms with E-state index in [1.54, 1.807) is 6.07 Å². The highest BCUT2D eigenvalue weighted by molar-refractivity contribution is 5.94. The monoisotopic (exact) mass is 250 g/mol. The molecule has 5 nitrogen and oxygen atoms in total. The molecule has 1 amide bonds. The van der Waals surface area contributed by atoms with Crippen molar-refractivity contribution < 1.29 is 15.0 Å². The summed E-state index contributed by atoms with van der Waals surface area (Å²) >= 11 is 0. The number of rotatable bonds is 3. The number of β-amino-alcohol motifs (C(OH)–C–C–N with tert-alkyl or cyclic N) is 2. The highest BCUT2D eigenvalue weighted by Gasteiger charge is 2.32. The number of carbonyl (C=O) groups is 1. The predicted octanol–water partition coefficient (Wildman–Crippen LogP) is -0.635. The van der Waals surface area contributed by atoms with Crippen LogP contribution in [-0.4, -0.2) is 52.9 Å². The summed E-state index contributed by atoms with van der Waals surface area (Å²) in [4.78, 5) is 13.6. The fraction of sp³-hybridized carbons (Fsp3) is 0.462. The van der Waals surface area contributed by atoms with E-state index in [0.29, 0.717) is 12.1 Å². The van der Waals surface area contributed by atoms with E-state index in [0.717, 1.165) is 12.0 Å². The molecular formula is C13H18N2O3. The third kappa shape index (κ3) is 2.69. The fourth-order valence-electron chi connectivity index (χ4n) is 2.14. The average Bonchev–Trinajstić information content (AvgIpc) is 2.69. The van der Waals surface area contributed by atoms with E-state index in [4.69, 9.17) is 5.73 Å². The highest BCUT2D eigenvalue weighted by Crippen LogP contribution is 2.15. The molecule has 1 aromatic carbocycles. The van der Waals surface area contributed by atoms with E-state index < -0.39 is 12.2 Å². The summed E-state index contributed by atoms with van der Waals surface area (Å²) < 4.78 is 0. The molecule has 1 saturated heterocycles. The molecule has 18 heavy (non-hydrogen) atoms. The maximum absolute atomic E-state index is 12.2. The van der Waals surface area contributed by atoms with Crippen LogP contribution in [0.2, 0.25) is 0 Å². The van der Waals surface area contributed by atoms with Gasteiger partial charge < -0.3 is 20.8 Å². The highest BCUT2D eigenvalue weighted by atomic mass is 16.3. The number of carbonyl (C=O) groups excluding carboxylic acids is 1. The zero-order valence-electron chi connectivity index (χ0n) is 10.1. The van der Waals surface area contributed by atoms with E-state index in [2.05, 4.69) is 0 Å². The van der Waals surface area contributed by atoms with Crippen molar-refractivity contribution in [1.29, 1.82) is 0 Å². The Bertz CT molecular complexity index is 426. The number of hydrogen-bond donors (Lipinski definition) is 3. The van der Waals surface area contributed by atoms with Crippen LogP contribution in [0.25, 0.3) is 0 Å². The van der Waals surface area contributed by atoms with Gasteiger partial charge in [-0.1, -0.05) is 12.1 Å². The van der Waals surface area contributed by atoms with E-state index in [9.17, 15) is 15.0 Å². The number of amides is 1. The van der Waals surface area contributed by atoms with Crippen molar-refractivity contribution in [1.82, 2.24) is 4.90 Å². The lowest BCUT2D eigenvalue weighted by Crippen LogP contribution is -2.29. The van der Waals surface area contributed by atoms with Crippen molar-refractivity contribution in [2.45, 2.75) is 18.6 Å². The summed E-state index contributed by atoms with van der Waals surface area (Å²) in [5.74, 6) is -0.163. The van der Waals surface area contributed by atoms with Gasteiger partial charge in [-0.3, -0.25) is 4.79 Å². The van der Waals surface area contributed by atoms with Crippen LogP contribution < -0.4 is 5.73 Å². The fourth-order valence-corrected chi connectivity index (χ4v) is 2.14. The van der Waals surface area contributed by atoms with Crippen LogP contribution in [0.1, 0.15) is 15.9 Å². The van der Waals surface area contributed by atoms with Crippen LogP contribution in [0.5, 0.6) is 0 Å². The Kier molecular flexibility index (Phi) is 3.96. The third-order valence-corrected chi connectivity index (χ3v) is 3.15. The van der Waals surface area contributed by atoms with Crippen molar-refractivity contribution in [3.63, 3.8) is 0 Å². The molecule has 1 fully saturated rings. The van der Waals surface area contributed by atoms with Crippen LogP contribution in [-0.2, 0) is 6.42 Å². The Labute approximate surface area is 106 Å². The summed E-state index contributed by atoms with van der Waals surface area (Å²) in [6.45, 7) is 0.904. The quantitative estimate of drug-likeness (QED) is 0.666. The Morgan fingerprint density at radius 1 is 1.33 bits per heavy atom. The summed E-state index contributed by atoms with van der Waals surface area (Å²) in [6, 6.07) is 7.30. The van der Waals surface area contributed by atoms with Gasteiger partial charge in [0.2, 0.25) is 0 Å². The Morgan fingerprint density at radius 2 is 2.00 bits per heavy atom. The smallest absolute Gasteiger partial charge is 0.254 e. The Morgan fingerprint density at radius 3 is 2.61 bits per heavy atom. The molecule has 0 saturated carbocycles. The van der Waals surface area contributed by atoms with Crippen molar-refractivity contribution in [3.05, 3.63) is 35.4 Å². The second-order valence-electron chi connectivity index (χ2n) is 4.58. The molecule has 2 atom stereocenters. The van der Waals surface area contributed by atoms with Crippen molar-refractivity contribution in [3.8, 4) is 0 Å². The number of aliphatic hydroxyl groups is 2. The van der Waals surface area contributed by atoms with E-state index in [1.165, 1.54) is 4.90 Å². The molecule has 4 N–H and O–H groups in total. The second kappa shape index (κ2) is 5.48. The maximum Gasteiger partial charge on any atom is 0.254 e. The molecule has 0 bridgehead atoms. The standard InChI is InChI=1S/C13H18N2O3/c14-5-4-9-2-1-3-10(6-9)13(18)15-7-11(16)12(17)8-15/h1-3,6,11-12,16-17H,4-5,7-8,14H2. The van der Waals surface area contributed by atoms with Crippen LogP contribution in [0.15, 0.2) is 24.3 Å². The van der Waals surface area contributed by atoms with Crippen molar-refractivity contribution in [2.75, 3.05) is 19.6 Å². The minimum Gasteiger partial charge on any atom is -0.388 e. The van der Waals surface area contributed by atoms with Gasteiger partial charge in [-0.15, -0.1) is 0 Å². The molecular weight excluding hydrogens is 232 g/mol. The van der Waals surface area contributed by atoms with E-state index >= 15 is 0 Å². The molecule has 0 spiro atoms. The van der Waals surface area contributed by atoms with Crippen LogP contribution in [0.3, 0.4) is 0 Å². The molecule has 98 valence electrons. The largest absolute Gasteiger partial charge is 0.388 e. The number of likely N-dealkylation sites (tertiary alicyclic amines) is 1. The summed E-state index contributed by atoms with van der Waals surface area (Å²) in [5.41, 5.74) is 7.07. The van der Waals surface area contributed by atoms with Gasteiger partial charge in [0.15, 0.2) is 0 Å². The molecule has 0 radical (unpaired) electrons. The molecule has 5 heteroatoms. The lowest BCUT2D eigenvalue weighted by molar-refractivity contribution is 0.0572. The molecule has 2 rings (SSSR count). The van der Waals surface area contributed by atoms with Gasteiger partial charge >= 0.3 is 0 Å². The average molecular weight is 250 g/mol. The minimum absolute atomic E-state index is 0.163. The second-order valence-corrected chi connectivity index (χ2v) is 4.58. The molecule has 0 aromatic heterocycles. The maximum atomic E-state index is 12.2. The van der Waals surface area contributed by atoms with Gasteiger partial charge in [0.25, 0.3) is 5.91 Å². The Balaban J connectivity index is 2.11. The van der Waals surface area contributed by atoms with Gasteiger partial charge in [-0.05, 0) is 30.7 Å². The summed E-state index contributed by atoms with van der Waals surface area (Å²) in [5, 5.41) is 18.9. The van der Waals surface area contributed by atoms with Crippen LogP contribution in [0.4, 0.5) is 0 Å². The van der Waals surface area contributed by atoms with Crippen LogP contribution >= 0.6 is 0 Å². The number of nitrogens with two attached hydrogens (primary N) is 1. The molecule has 1 aromatic rings. The molecule has 1 aliphatic heterocycles. The molecule has 1 heterocycles. The van der Waals surface area contributed by atoms with Gasteiger partial charge in [-0.2, -0.15) is 0 Å². The first-order chi connectivity index (χ1) is 8.61. The van der Waals surface area contributed by atoms with Gasteiger partial charge in [0.05, 0.1) is 12.2 Å². The first-order valence-corrected chi connectivity index (χ1v) is 6.06. The summed E-state index contributed by atoms with van der Waals surface area (Å²) in [7, 11) is 0. The molecule has 1 aliphatic rings. The lowest BCUT2D eigenvalue weighted by atomic mass is 10.1. The predicted molar refractivity (Wildman–Crippen MR) is 67.1 cm³/mol. The first-order valence-electron chi connectivity index (χ1n) is 6.06. The van der Waals surface area contributed by atoms with Crippen molar-refractivity contribution >= 4 is 5.91 Å². The number of benzene rings is 1. The SMILES string of the molecule is NCCc1cccc(C(=O)N2CC(O)C(O)C2)c1. The first kappa shape index (κ1) is 13.0. The van der Waals surface area contributed by atoms with E-state index in [-0.39, 0.29) is 19.0 Å². The van der Waals surface area contributed by atoms with E-state index in [1.807, 2.05) is 18.2 Å². The van der Waals surface area contributed by atoms with Gasteiger partial charge in [-0.25, -0.2) is 0 Å². The topological polar surface area (TPSA) is 86.8 Å². The lowest BCUT2D eigenvalue weighted by Gasteiger charge is -2.15. The number of nitrogens with zero attached hydrogens (tertiary/aromatic N) is 1. The van der Waals surface area contributed by atoms with Crippen molar-refractivity contribution in [2.24, 2.45) is 5.73 Å². The molecule has 0 aliphatic carbocycles. The normalized spacial score (nSPS) is 23.4. The minimum atomic E-state index is -0.846. The molecule has 2 unspecified atom stereocenters.